The van der Waals surface area contributed by atoms with Crippen LogP contribution in [0.1, 0.15) is 0 Å². The van der Waals surface area contributed by atoms with Crippen molar-refractivity contribution in [2.75, 3.05) is 0 Å². The zero-order chi connectivity index (χ0) is 12.3. The van der Waals surface area contributed by atoms with Crippen LogP contribution >= 0.6 is 23.2 Å². The molecule has 0 fully saturated rings. The third-order valence-electron chi connectivity index (χ3n) is 1.56. The summed E-state index contributed by atoms with van der Waals surface area (Å²) in [5.74, 6) is -1.97. The average Bonchev–Trinajstić information content (AvgIpc) is 2.28. The van der Waals surface area contributed by atoms with Crippen LogP contribution in [0.15, 0.2) is 31.4 Å². The molecular formula is C8Cl2N2O4. The lowest BCUT2D eigenvalue weighted by Gasteiger charge is -2.09. The Hall–Kier alpha value is -1.84. The van der Waals surface area contributed by atoms with E-state index in [1.165, 1.54) is 0 Å². The van der Waals surface area contributed by atoms with Gasteiger partial charge in [0.1, 0.15) is 21.5 Å². The van der Waals surface area contributed by atoms with E-state index < -0.39 is 33.0 Å². The van der Waals surface area contributed by atoms with Crippen molar-refractivity contribution in [2.24, 2.45) is 9.98 Å². The van der Waals surface area contributed by atoms with Gasteiger partial charge in [-0.1, -0.05) is 23.2 Å². The third-order valence-corrected chi connectivity index (χ3v) is 2.26. The molecule has 16 heavy (non-hydrogen) atoms. The Balaban J connectivity index is 3.47. The molecule has 0 spiro atoms. The van der Waals surface area contributed by atoms with E-state index in [0.717, 1.165) is 12.2 Å². The SMILES string of the molecule is O=C=NC1=C(Cl)C(=O)C(N=C=O)=C(Cl)C1=O. The van der Waals surface area contributed by atoms with Crippen molar-refractivity contribution in [2.45, 2.75) is 0 Å². The normalized spacial score (nSPS) is 15.9. The van der Waals surface area contributed by atoms with Gasteiger partial charge in [-0.3, -0.25) is 9.59 Å². The smallest absolute Gasteiger partial charge is 0.240 e. The van der Waals surface area contributed by atoms with Crippen LogP contribution in [0.5, 0.6) is 0 Å². The number of rotatable bonds is 2. The van der Waals surface area contributed by atoms with Crippen LogP contribution in [0.25, 0.3) is 0 Å². The van der Waals surface area contributed by atoms with Crippen LogP contribution in [0.4, 0.5) is 0 Å². The Kier molecular flexibility index (Phi) is 3.66. The van der Waals surface area contributed by atoms with E-state index >= 15 is 0 Å². The summed E-state index contributed by atoms with van der Waals surface area (Å²) in [6, 6.07) is 0. The lowest BCUT2D eigenvalue weighted by Crippen LogP contribution is -2.18. The van der Waals surface area contributed by atoms with Crippen molar-refractivity contribution in [1.29, 1.82) is 0 Å². The average molecular weight is 259 g/mol. The molecule has 0 aromatic carbocycles. The minimum atomic E-state index is -0.983. The molecule has 0 saturated carbocycles. The predicted octanol–water partition coefficient (Wildman–Crippen LogP) is 0.711. The molecule has 80 valence electrons. The number of carbonyl (C=O) groups is 2. The van der Waals surface area contributed by atoms with E-state index in [4.69, 9.17) is 23.2 Å². The van der Waals surface area contributed by atoms with Gasteiger partial charge in [0, 0.05) is 0 Å². The lowest BCUT2D eigenvalue weighted by molar-refractivity contribution is -0.115. The van der Waals surface area contributed by atoms with Gasteiger partial charge in [0.05, 0.1) is 0 Å². The fourth-order valence-corrected chi connectivity index (χ4v) is 1.35. The summed E-state index contributed by atoms with van der Waals surface area (Å²) in [6.45, 7) is 0. The van der Waals surface area contributed by atoms with Crippen molar-refractivity contribution in [1.82, 2.24) is 0 Å². The first-order valence-electron chi connectivity index (χ1n) is 3.59. The Morgan fingerprint density at radius 3 is 1.38 bits per heavy atom. The molecule has 0 amide bonds. The van der Waals surface area contributed by atoms with Gasteiger partial charge in [-0.25, -0.2) is 9.59 Å². The highest BCUT2D eigenvalue weighted by Crippen LogP contribution is 2.30. The number of nitrogens with zero attached hydrogens (tertiary/aromatic N) is 2. The van der Waals surface area contributed by atoms with E-state index in [-0.39, 0.29) is 0 Å². The largest absolute Gasteiger partial charge is 0.286 e. The zero-order valence-electron chi connectivity index (χ0n) is 7.28. The minimum absolute atomic E-state index is 0.628. The quantitative estimate of drug-likeness (QED) is 0.414. The Morgan fingerprint density at radius 1 is 0.812 bits per heavy atom. The second kappa shape index (κ2) is 4.79. The minimum Gasteiger partial charge on any atom is -0.286 e. The molecule has 1 rings (SSSR count). The van der Waals surface area contributed by atoms with Gasteiger partial charge >= 0.3 is 0 Å². The lowest BCUT2D eigenvalue weighted by atomic mass is 10.1. The monoisotopic (exact) mass is 258 g/mol. The number of halogens is 2. The van der Waals surface area contributed by atoms with E-state index in [9.17, 15) is 19.2 Å². The molecule has 1 aliphatic rings. The molecule has 0 aliphatic heterocycles. The molecule has 0 aromatic heterocycles. The molecule has 0 aromatic rings. The van der Waals surface area contributed by atoms with Gasteiger partial charge in [0.25, 0.3) is 0 Å². The number of hydrogen-bond donors (Lipinski definition) is 0. The molecule has 0 bridgehead atoms. The summed E-state index contributed by atoms with van der Waals surface area (Å²) >= 11 is 10.9. The molecule has 0 radical (unpaired) electrons. The van der Waals surface area contributed by atoms with Crippen molar-refractivity contribution in [3.8, 4) is 0 Å². The molecular weight excluding hydrogens is 259 g/mol. The second-order valence-electron chi connectivity index (χ2n) is 2.39. The summed E-state index contributed by atoms with van der Waals surface area (Å²) in [5.41, 5.74) is -1.26. The first kappa shape index (κ1) is 12.2. The molecule has 0 saturated heterocycles. The molecule has 0 unspecified atom stereocenters. The summed E-state index contributed by atoms with van der Waals surface area (Å²) < 4.78 is 0. The topological polar surface area (TPSA) is 93.0 Å². The van der Waals surface area contributed by atoms with Crippen LogP contribution < -0.4 is 0 Å². The first-order valence-corrected chi connectivity index (χ1v) is 4.34. The highest BCUT2D eigenvalue weighted by atomic mass is 35.5. The van der Waals surface area contributed by atoms with Crippen molar-refractivity contribution in [3.63, 3.8) is 0 Å². The van der Waals surface area contributed by atoms with Gasteiger partial charge < -0.3 is 0 Å². The summed E-state index contributed by atoms with van der Waals surface area (Å²) in [4.78, 5) is 48.7. The standard InChI is InChI=1S/C8Cl2N2O4/c9-3-5(11-1-13)7(15)4(10)6(8(3)16)12-2-14. The number of carbonyl (C=O) groups excluding carboxylic acids is 4. The Labute approximate surface area is 98.0 Å². The summed E-state index contributed by atoms with van der Waals surface area (Å²) in [5, 5.41) is -1.29. The number of Topliss-reactive ketones (excluding diaryl/α,β-unsaturated/α-hetero) is 2. The molecule has 8 heteroatoms. The first-order chi connectivity index (χ1) is 7.54. The molecule has 0 N–H and O–H groups in total. The highest BCUT2D eigenvalue weighted by Gasteiger charge is 2.33. The molecule has 0 atom stereocenters. The maximum Gasteiger partial charge on any atom is 0.240 e. The van der Waals surface area contributed by atoms with E-state index in [0.29, 0.717) is 0 Å². The Morgan fingerprint density at radius 2 is 1.12 bits per heavy atom. The number of hydrogen-bond acceptors (Lipinski definition) is 6. The van der Waals surface area contributed by atoms with Crippen LogP contribution in [0, 0.1) is 0 Å². The van der Waals surface area contributed by atoms with Gasteiger partial charge in [0.15, 0.2) is 0 Å². The molecule has 0 heterocycles. The zero-order valence-corrected chi connectivity index (χ0v) is 8.80. The maximum atomic E-state index is 11.4. The van der Waals surface area contributed by atoms with E-state index in [2.05, 4.69) is 9.98 Å². The van der Waals surface area contributed by atoms with Crippen LogP contribution in [-0.2, 0) is 19.2 Å². The third kappa shape index (κ3) is 1.91. The van der Waals surface area contributed by atoms with Gasteiger partial charge in [-0.2, -0.15) is 9.98 Å². The van der Waals surface area contributed by atoms with Crippen LogP contribution in [-0.4, -0.2) is 23.7 Å². The second-order valence-corrected chi connectivity index (χ2v) is 3.15. The van der Waals surface area contributed by atoms with Crippen LogP contribution in [0.3, 0.4) is 0 Å². The number of ketones is 2. The maximum absolute atomic E-state index is 11.4. The fraction of sp³-hybridized carbons (Fsp3) is 0. The Bertz CT molecular complexity index is 498. The molecule has 6 nitrogen and oxygen atoms in total. The highest BCUT2D eigenvalue weighted by molar-refractivity contribution is 6.56. The van der Waals surface area contributed by atoms with Gasteiger partial charge in [-0.05, 0) is 0 Å². The van der Waals surface area contributed by atoms with E-state index in [1.54, 1.807) is 0 Å². The number of aliphatic imine (C=N–C) groups is 2. The van der Waals surface area contributed by atoms with Crippen molar-refractivity contribution < 1.29 is 19.2 Å². The summed E-state index contributed by atoms with van der Waals surface area (Å²) in [7, 11) is 0. The fourth-order valence-electron chi connectivity index (χ4n) is 0.913. The number of allylic oxidation sites excluding steroid dienone is 2. The summed E-state index contributed by atoms with van der Waals surface area (Å²) in [6.07, 6.45) is 2.11. The van der Waals surface area contributed by atoms with Crippen molar-refractivity contribution in [3.05, 3.63) is 21.5 Å². The number of isocyanates is 2. The van der Waals surface area contributed by atoms with Crippen molar-refractivity contribution >= 4 is 46.9 Å². The predicted molar refractivity (Wildman–Crippen MR) is 52.0 cm³/mol. The van der Waals surface area contributed by atoms with E-state index in [1.807, 2.05) is 0 Å². The van der Waals surface area contributed by atoms with Crippen LogP contribution in [0.2, 0.25) is 0 Å². The van der Waals surface area contributed by atoms with Gasteiger partial charge in [0.2, 0.25) is 23.7 Å². The van der Waals surface area contributed by atoms with Gasteiger partial charge in [-0.15, -0.1) is 0 Å². The molecule has 1 aliphatic carbocycles.